The second-order valence-corrected chi connectivity index (χ2v) is 3.54. The number of rotatable bonds is 7. The zero-order valence-electron chi connectivity index (χ0n) is 9.57. The van der Waals surface area contributed by atoms with Crippen molar-refractivity contribution in [2.45, 2.75) is 25.8 Å². The average Bonchev–Trinajstić information content (AvgIpc) is 2.29. The topological polar surface area (TPSA) is 34.1 Å². The molecule has 1 N–H and O–H groups in total. The third kappa shape index (κ3) is 4.91. The van der Waals surface area contributed by atoms with Gasteiger partial charge in [0.15, 0.2) is 0 Å². The van der Waals surface area contributed by atoms with E-state index >= 15 is 0 Å². The van der Waals surface area contributed by atoms with Gasteiger partial charge >= 0.3 is 0 Å². The molecule has 0 bridgehead atoms. The Labute approximate surface area is 91.9 Å². The van der Waals surface area contributed by atoms with E-state index in [4.69, 9.17) is 4.74 Å². The third-order valence-corrected chi connectivity index (χ3v) is 2.43. The summed E-state index contributed by atoms with van der Waals surface area (Å²) in [6.45, 7) is 3.64. The molecule has 3 nitrogen and oxygen atoms in total. The molecule has 0 saturated carbocycles. The van der Waals surface area contributed by atoms with E-state index in [-0.39, 0.29) is 0 Å². The van der Waals surface area contributed by atoms with Crippen molar-refractivity contribution in [1.29, 1.82) is 0 Å². The Morgan fingerprint density at radius 1 is 1.53 bits per heavy atom. The summed E-state index contributed by atoms with van der Waals surface area (Å²) >= 11 is 0. The molecule has 1 aromatic heterocycles. The zero-order valence-corrected chi connectivity index (χ0v) is 9.57. The van der Waals surface area contributed by atoms with Gasteiger partial charge in [-0.25, -0.2) is 0 Å². The van der Waals surface area contributed by atoms with Crippen molar-refractivity contribution in [2.24, 2.45) is 0 Å². The van der Waals surface area contributed by atoms with E-state index in [0.717, 1.165) is 26.1 Å². The van der Waals surface area contributed by atoms with Gasteiger partial charge in [0.25, 0.3) is 0 Å². The van der Waals surface area contributed by atoms with E-state index in [1.54, 1.807) is 6.20 Å². The Kier molecular flexibility index (Phi) is 5.97. The highest BCUT2D eigenvalue weighted by atomic mass is 16.5. The number of nitrogens with one attached hydrogen (secondary N) is 1. The van der Waals surface area contributed by atoms with E-state index in [2.05, 4.69) is 16.4 Å². The van der Waals surface area contributed by atoms with E-state index < -0.39 is 0 Å². The molecule has 0 fully saturated rings. The van der Waals surface area contributed by atoms with Gasteiger partial charge in [-0.1, -0.05) is 6.07 Å². The van der Waals surface area contributed by atoms with Crippen molar-refractivity contribution < 1.29 is 4.74 Å². The predicted octanol–water partition coefficient (Wildman–Crippen LogP) is 1.64. The fraction of sp³-hybridized carbons (Fsp3) is 0.583. The average molecular weight is 208 g/mol. The number of ether oxygens (including phenoxy) is 1. The molecule has 3 heteroatoms. The molecule has 0 aliphatic rings. The molecule has 15 heavy (non-hydrogen) atoms. The number of aromatic nitrogens is 1. The van der Waals surface area contributed by atoms with Crippen LogP contribution in [0.5, 0.6) is 0 Å². The highest BCUT2D eigenvalue weighted by Crippen LogP contribution is 2.04. The summed E-state index contributed by atoms with van der Waals surface area (Å²) < 4.78 is 5.35. The standard InChI is InChI=1S/C12H20N2O/c1-3-15-8-6-12(13-2)9-11-5-4-7-14-10-11/h4-5,7,10,12-13H,3,6,8-9H2,1-2H3. The van der Waals surface area contributed by atoms with Crippen LogP contribution in [0, 0.1) is 0 Å². The Hall–Kier alpha value is -0.930. The van der Waals surface area contributed by atoms with Crippen LogP contribution < -0.4 is 5.32 Å². The molecular weight excluding hydrogens is 188 g/mol. The van der Waals surface area contributed by atoms with E-state index in [1.807, 2.05) is 26.2 Å². The lowest BCUT2D eigenvalue weighted by Crippen LogP contribution is -2.29. The smallest absolute Gasteiger partial charge is 0.0480 e. The van der Waals surface area contributed by atoms with Gasteiger partial charge in [0.2, 0.25) is 0 Å². The molecule has 1 rings (SSSR count). The maximum atomic E-state index is 5.35. The largest absolute Gasteiger partial charge is 0.382 e. The molecule has 0 aliphatic heterocycles. The minimum atomic E-state index is 0.473. The lowest BCUT2D eigenvalue weighted by molar-refractivity contribution is 0.137. The Morgan fingerprint density at radius 3 is 3.00 bits per heavy atom. The summed E-state index contributed by atoms with van der Waals surface area (Å²) in [7, 11) is 1.99. The van der Waals surface area contributed by atoms with Crippen LogP contribution in [0.3, 0.4) is 0 Å². The monoisotopic (exact) mass is 208 g/mol. The SMILES string of the molecule is CCOCCC(Cc1cccnc1)NC. The van der Waals surface area contributed by atoms with Gasteiger partial charge in [-0.2, -0.15) is 0 Å². The number of hydrogen-bond donors (Lipinski definition) is 1. The Bertz CT molecular complexity index is 251. The maximum Gasteiger partial charge on any atom is 0.0480 e. The molecule has 84 valence electrons. The third-order valence-electron chi connectivity index (χ3n) is 2.43. The first-order valence-electron chi connectivity index (χ1n) is 5.50. The molecule has 0 saturated heterocycles. The lowest BCUT2D eigenvalue weighted by atomic mass is 10.1. The van der Waals surface area contributed by atoms with Gasteiger partial charge < -0.3 is 10.1 Å². The van der Waals surface area contributed by atoms with Crippen molar-refractivity contribution in [3.63, 3.8) is 0 Å². The zero-order chi connectivity index (χ0) is 10.9. The fourth-order valence-electron chi connectivity index (χ4n) is 1.52. The van der Waals surface area contributed by atoms with Crippen LogP contribution in [-0.4, -0.2) is 31.3 Å². The van der Waals surface area contributed by atoms with Gasteiger partial charge in [-0.05, 0) is 38.4 Å². The van der Waals surface area contributed by atoms with Crippen LogP contribution >= 0.6 is 0 Å². The molecule has 0 amide bonds. The van der Waals surface area contributed by atoms with Crippen LogP contribution in [0.1, 0.15) is 18.9 Å². The van der Waals surface area contributed by atoms with E-state index in [9.17, 15) is 0 Å². The molecule has 0 radical (unpaired) electrons. The van der Waals surface area contributed by atoms with Crippen LogP contribution in [0.25, 0.3) is 0 Å². The molecule has 1 aromatic rings. The summed E-state index contributed by atoms with van der Waals surface area (Å²) in [5.41, 5.74) is 1.27. The van der Waals surface area contributed by atoms with E-state index in [0.29, 0.717) is 6.04 Å². The van der Waals surface area contributed by atoms with Crippen LogP contribution in [0.2, 0.25) is 0 Å². The molecule has 0 spiro atoms. The molecule has 0 aliphatic carbocycles. The number of pyridine rings is 1. The summed E-state index contributed by atoms with van der Waals surface area (Å²) in [4.78, 5) is 4.11. The molecule has 1 unspecified atom stereocenters. The first kappa shape index (κ1) is 12.1. The molecule has 0 aromatic carbocycles. The number of likely N-dealkylation sites (N-methyl/N-ethyl adjacent to an activating group) is 1. The minimum absolute atomic E-state index is 0.473. The van der Waals surface area contributed by atoms with Crippen LogP contribution in [0.15, 0.2) is 24.5 Å². The van der Waals surface area contributed by atoms with Gasteiger partial charge in [-0.3, -0.25) is 4.98 Å². The second-order valence-electron chi connectivity index (χ2n) is 3.54. The number of hydrogen-bond acceptors (Lipinski definition) is 3. The normalized spacial score (nSPS) is 12.7. The highest BCUT2D eigenvalue weighted by molar-refractivity contribution is 5.10. The summed E-state index contributed by atoms with van der Waals surface area (Å²) in [5.74, 6) is 0. The quantitative estimate of drug-likeness (QED) is 0.692. The molecular formula is C12H20N2O. The minimum Gasteiger partial charge on any atom is -0.382 e. The first-order valence-corrected chi connectivity index (χ1v) is 5.50. The van der Waals surface area contributed by atoms with Gasteiger partial charge in [0, 0.05) is 31.6 Å². The molecule has 1 atom stereocenters. The van der Waals surface area contributed by atoms with Gasteiger partial charge in [0.1, 0.15) is 0 Å². The highest BCUT2D eigenvalue weighted by Gasteiger charge is 2.06. The predicted molar refractivity (Wildman–Crippen MR) is 61.9 cm³/mol. The fourth-order valence-corrected chi connectivity index (χ4v) is 1.52. The summed E-state index contributed by atoms with van der Waals surface area (Å²) in [6.07, 6.45) is 5.78. The summed E-state index contributed by atoms with van der Waals surface area (Å²) in [5, 5.41) is 3.30. The maximum absolute atomic E-state index is 5.35. The number of nitrogens with zero attached hydrogens (tertiary/aromatic N) is 1. The Balaban J connectivity index is 2.33. The van der Waals surface area contributed by atoms with Gasteiger partial charge in [-0.15, -0.1) is 0 Å². The second kappa shape index (κ2) is 7.37. The van der Waals surface area contributed by atoms with Crippen LogP contribution in [0.4, 0.5) is 0 Å². The van der Waals surface area contributed by atoms with E-state index in [1.165, 1.54) is 5.56 Å². The van der Waals surface area contributed by atoms with Crippen molar-refractivity contribution in [2.75, 3.05) is 20.3 Å². The summed E-state index contributed by atoms with van der Waals surface area (Å²) in [6, 6.07) is 4.56. The van der Waals surface area contributed by atoms with Gasteiger partial charge in [0.05, 0.1) is 0 Å². The van der Waals surface area contributed by atoms with Crippen molar-refractivity contribution in [3.05, 3.63) is 30.1 Å². The van der Waals surface area contributed by atoms with Crippen LogP contribution in [-0.2, 0) is 11.2 Å². The van der Waals surface area contributed by atoms with Crippen molar-refractivity contribution in [3.8, 4) is 0 Å². The molecule has 1 heterocycles. The van der Waals surface area contributed by atoms with Crippen molar-refractivity contribution >= 4 is 0 Å². The van der Waals surface area contributed by atoms with Crippen molar-refractivity contribution in [1.82, 2.24) is 10.3 Å². The lowest BCUT2D eigenvalue weighted by Gasteiger charge is -2.15. The Morgan fingerprint density at radius 2 is 2.40 bits per heavy atom. The first-order chi connectivity index (χ1) is 7.36.